The van der Waals surface area contributed by atoms with Crippen molar-refractivity contribution in [2.75, 3.05) is 26.7 Å². The first-order chi connectivity index (χ1) is 6.77. The van der Waals surface area contributed by atoms with Crippen LogP contribution >= 0.6 is 0 Å². The van der Waals surface area contributed by atoms with Crippen LogP contribution in [0, 0.1) is 5.41 Å². The predicted molar refractivity (Wildman–Crippen MR) is 62.6 cm³/mol. The Balaban J connectivity index is 2.03. The van der Waals surface area contributed by atoms with Gasteiger partial charge in [0.05, 0.1) is 0 Å². The topological polar surface area (TPSA) is 24.1 Å². The second kappa shape index (κ2) is 6.41. The van der Waals surface area contributed by atoms with Crippen LogP contribution in [0.5, 0.6) is 0 Å². The van der Waals surface area contributed by atoms with Gasteiger partial charge in [-0.3, -0.25) is 0 Å². The van der Waals surface area contributed by atoms with Crippen LogP contribution in [0.25, 0.3) is 0 Å². The summed E-state index contributed by atoms with van der Waals surface area (Å²) in [6.45, 7) is 5.95. The summed E-state index contributed by atoms with van der Waals surface area (Å²) < 4.78 is 0. The third kappa shape index (κ3) is 4.43. The fraction of sp³-hybridized carbons (Fsp3) is 1.00. The smallest absolute Gasteiger partial charge is 0.000517 e. The molecule has 2 heteroatoms. The zero-order valence-electron chi connectivity index (χ0n) is 9.86. The van der Waals surface area contributed by atoms with E-state index in [1.807, 2.05) is 7.05 Å². The van der Waals surface area contributed by atoms with E-state index in [2.05, 4.69) is 17.6 Å². The summed E-state index contributed by atoms with van der Waals surface area (Å²) in [6.07, 6.45) is 8.42. The molecule has 2 N–H and O–H groups in total. The van der Waals surface area contributed by atoms with Gasteiger partial charge in [-0.15, -0.1) is 0 Å². The van der Waals surface area contributed by atoms with E-state index in [0.29, 0.717) is 5.41 Å². The Bertz CT molecular complexity index is 139. The third-order valence-corrected chi connectivity index (χ3v) is 3.39. The lowest BCUT2D eigenvalue weighted by Crippen LogP contribution is -2.34. The molecule has 0 aromatic rings. The molecular formula is C12H26N2. The van der Waals surface area contributed by atoms with Crippen molar-refractivity contribution in [2.24, 2.45) is 5.41 Å². The molecule has 0 radical (unpaired) electrons. The van der Waals surface area contributed by atoms with Gasteiger partial charge in [-0.05, 0) is 44.8 Å². The molecule has 0 saturated heterocycles. The van der Waals surface area contributed by atoms with Crippen molar-refractivity contribution < 1.29 is 0 Å². The second-order valence-electron chi connectivity index (χ2n) is 5.01. The number of hydrogen-bond acceptors (Lipinski definition) is 2. The molecule has 0 heterocycles. The van der Waals surface area contributed by atoms with E-state index in [1.54, 1.807) is 0 Å². The third-order valence-electron chi connectivity index (χ3n) is 3.39. The first-order valence-electron chi connectivity index (χ1n) is 6.12. The van der Waals surface area contributed by atoms with Crippen LogP contribution in [-0.2, 0) is 0 Å². The molecule has 0 spiro atoms. The van der Waals surface area contributed by atoms with Gasteiger partial charge >= 0.3 is 0 Å². The lowest BCUT2D eigenvalue weighted by Gasteiger charge is -2.33. The normalized spacial score (nSPS) is 21.0. The molecule has 1 rings (SSSR count). The van der Waals surface area contributed by atoms with Gasteiger partial charge in [0, 0.05) is 6.54 Å². The quantitative estimate of drug-likeness (QED) is 0.639. The van der Waals surface area contributed by atoms with Crippen molar-refractivity contribution in [3.8, 4) is 0 Å². The van der Waals surface area contributed by atoms with Crippen molar-refractivity contribution in [3.05, 3.63) is 0 Å². The van der Waals surface area contributed by atoms with E-state index >= 15 is 0 Å². The molecule has 0 aromatic heterocycles. The highest BCUT2D eigenvalue weighted by molar-refractivity contribution is 4.80. The predicted octanol–water partition coefficient (Wildman–Crippen LogP) is 2.16. The highest BCUT2D eigenvalue weighted by Crippen LogP contribution is 2.34. The minimum Gasteiger partial charge on any atom is -0.320 e. The van der Waals surface area contributed by atoms with E-state index in [9.17, 15) is 0 Å². The van der Waals surface area contributed by atoms with Crippen LogP contribution in [0.4, 0.5) is 0 Å². The van der Waals surface area contributed by atoms with Crippen LogP contribution in [0.15, 0.2) is 0 Å². The maximum Gasteiger partial charge on any atom is 0.000517 e. The molecule has 0 atom stereocenters. The second-order valence-corrected chi connectivity index (χ2v) is 5.01. The van der Waals surface area contributed by atoms with Crippen molar-refractivity contribution in [1.29, 1.82) is 0 Å². The molecule has 0 amide bonds. The van der Waals surface area contributed by atoms with Crippen LogP contribution in [-0.4, -0.2) is 26.7 Å². The molecule has 1 aliphatic rings. The SMILES string of the molecule is CNCCCNCC1(C)CCCCC1. The summed E-state index contributed by atoms with van der Waals surface area (Å²) in [4.78, 5) is 0. The minimum absolute atomic E-state index is 0.595. The molecule has 1 saturated carbocycles. The minimum atomic E-state index is 0.595. The van der Waals surface area contributed by atoms with Crippen LogP contribution in [0.2, 0.25) is 0 Å². The molecular weight excluding hydrogens is 172 g/mol. The Morgan fingerprint density at radius 2 is 1.79 bits per heavy atom. The Labute approximate surface area is 88.8 Å². The lowest BCUT2D eigenvalue weighted by molar-refractivity contribution is 0.208. The fourth-order valence-corrected chi connectivity index (χ4v) is 2.36. The van der Waals surface area contributed by atoms with Crippen LogP contribution in [0.1, 0.15) is 45.4 Å². The molecule has 0 aliphatic heterocycles. The van der Waals surface area contributed by atoms with Crippen LogP contribution < -0.4 is 10.6 Å². The van der Waals surface area contributed by atoms with Gasteiger partial charge < -0.3 is 10.6 Å². The Morgan fingerprint density at radius 3 is 2.43 bits per heavy atom. The van der Waals surface area contributed by atoms with Gasteiger partial charge in [0.15, 0.2) is 0 Å². The van der Waals surface area contributed by atoms with Gasteiger partial charge in [0.25, 0.3) is 0 Å². The molecule has 84 valence electrons. The monoisotopic (exact) mass is 198 g/mol. The van der Waals surface area contributed by atoms with Crippen molar-refractivity contribution >= 4 is 0 Å². The standard InChI is InChI=1S/C12H26N2/c1-12(7-4-3-5-8-12)11-14-10-6-9-13-2/h13-14H,3-11H2,1-2H3. The highest BCUT2D eigenvalue weighted by atomic mass is 14.9. The molecule has 1 aliphatic carbocycles. The summed E-state index contributed by atoms with van der Waals surface area (Å²) in [5, 5.41) is 6.77. The average molecular weight is 198 g/mol. The molecule has 1 fully saturated rings. The Morgan fingerprint density at radius 1 is 1.07 bits per heavy atom. The first-order valence-corrected chi connectivity index (χ1v) is 6.12. The van der Waals surface area contributed by atoms with E-state index in [-0.39, 0.29) is 0 Å². The Hall–Kier alpha value is -0.0800. The average Bonchev–Trinajstić information content (AvgIpc) is 2.18. The van der Waals surface area contributed by atoms with Crippen molar-refractivity contribution in [3.63, 3.8) is 0 Å². The number of hydrogen-bond donors (Lipinski definition) is 2. The van der Waals surface area contributed by atoms with E-state index in [4.69, 9.17) is 0 Å². The zero-order valence-corrected chi connectivity index (χ0v) is 9.86. The van der Waals surface area contributed by atoms with E-state index in [1.165, 1.54) is 45.1 Å². The lowest BCUT2D eigenvalue weighted by atomic mass is 9.76. The molecule has 2 nitrogen and oxygen atoms in total. The summed E-state index contributed by atoms with van der Waals surface area (Å²) in [7, 11) is 2.02. The molecule has 0 unspecified atom stereocenters. The van der Waals surface area contributed by atoms with Gasteiger partial charge in [-0.1, -0.05) is 26.2 Å². The highest BCUT2D eigenvalue weighted by Gasteiger charge is 2.25. The van der Waals surface area contributed by atoms with E-state index in [0.717, 1.165) is 13.1 Å². The van der Waals surface area contributed by atoms with Crippen molar-refractivity contribution in [2.45, 2.75) is 45.4 Å². The van der Waals surface area contributed by atoms with Gasteiger partial charge in [-0.2, -0.15) is 0 Å². The maximum atomic E-state index is 3.59. The zero-order chi connectivity index (χ0) is 10.3. The van der Waals surface area contributed by atoms with Gasteiger partial charge in [-0.25, -0.2) is 0 Å². The molecule has 14 heavy (non-hydrogen) atoms. The van der Waals surface area contributed by atoms with Crippen LogP contribution in [0.3, 0.4) is 0 Å². The summed E-state index contributed by atoms with van der Waals surface area (Å²) in [6, 6.07) is 0. The Kier molecular flexibility index (Phi) is 5.49. The van der Waals surface area contributed by atoms with Crippen molar-refractivity contribution in [1.82, 2.24) is 10.6 Å². The summed E-state index contributed by atoms with van der Waals surface area (Å²) in [5.41, 5.74) is 0.595. The summed E-state index contributed by atoms with van der Waals surface area (Å²) >= 11 is 0. The largest absolute Gasteiger partial charge is 0.320 e. The first kappa shape index (κ1) is 12.0. The van der Waals surface area contributed by atoms with Gasteiger partial charge in [0.2, 0.25) is 0 Å². The summed E-state index contributed by atoms with van der Waals surface area (Å²) in [5.74, 6) is 0. The van der Waals surface area contributed by atoms with E-state index < -0.39 is 0 Å². The number of rotatable bonds is 6. The fourth-order valence-electron chi connectivity index (χ4n) is 2.36. The van der Waals surface area contributed by atoms with Gasteiger partial charge in [0.1, 0.15) is 0 Å². The maximum absolute atomic E-state index is 3.59. The number of nitrogens with one attached hydrogen (secondary N) is 2. The molecule has 0 aromatic carbocycles. The molecule has 0 bridgehead atoms.